The van der Waals surface area contributed by atoms with E-state index in [2.05, 4.69) is 20.5 Å². The molecule has 0 saturated heterocycles. The topological polar surface area (TPSA) is 70.4 Å². The Morgan fingerprint density at radius 2 is 2.05 bits per heavy atom. The summed E-state index contributed by atoms with van der Waals surface area (Å²) in [4.78, 5) is 8.48. The summed E-state index contributed by atoms with van der Waals surface area (Å²) >= 11 is 0. The monoisotopic (exact) mass is 278 g/mol. The summed E-state index contributed by atoms with van der Waals surface area (Å²) in [5.41, 5.74) is 5.17. The number of rotatable bonds is 3. The van der Waals surface area contributed by atoms with Gasteiger partial charge in [0.25, 0.3) is 0 Å². The van der Waals surface area contributed by atoms with E-state index in [-0.39, 0.29) is 5.75 Å². The van der Waals surface area contributed by atoms with Crippen LogP contribution in [-0.4, -0.2) is 21.3 Å². The van der Waals surface area contributed by atoms with Crippen molar-refractivity contribution in [2.75, 3.05) is 5.43 Å². The van der Waals surface area contributed by atoms with Crippen molar-refractivity contribution in [3.8, 4) is 5.75 Å². The van der Waals surface area contributed by atoms with Crippen LogP contribution in [0.2, 0.25) is 0 Å². The lowest BCUT2D eigenvalue weighted by Gasteiger charge is -2.05. The molecule has 2 N–H and O–H groups in total. The Morgan fingerprint density at radius 1 is 1.14 bits per heavy atom. The predicted octanol–water partition coefficient (Wildman–Crippen LogP) is 3.09. The van der Waals surface area contributed by atoms with Crippen molar-refractivity contribution in [3.05, 3.63) is 59.9 Å². The molecular formula is C16H14N4O. The number of anilines is 1. The minimum absolute atomic E-state index is 0.170. The number of nitrogens with zero attached hydrogens (tertiary/aromatic N) is 3. The van der Waals surface area contributed by atoms with Crippen LogP contribution in [0.25, 0.3) is 10.9 Å². The van der Waals surface area contributed by atoms with E-state index in [1.165, 1.54) is 0 Å². The zero-order valence-corrected chi connectivity index (χ0v) is 11.5. The molecule has 0 atom stereocenters. The van der Waals surface area contributed by atoms with Gasteiger partial charge in [-0.15, -0.1) is 0 Å². The first-order valence-corrected chi connectivity index (χ1v) is 6.53. The van der Waals surface area contributed by atoms with Gasteiger partial charge in [-0.05, 0) is 37.3 Å². The Labute approximate surface area is 122 Å². The maximum absolute atomic E-state index is 9.89. The van der Waals surface area contributed by atoms with Crippen LogP contribution in [-0.2, 0) is 0 Å². The molecule has 2 aromatic heterocycles. The lowest BCUT2D eigenvalue weighted by molar-refractivity contribution is 0.480. The molecule has 104 valence electrons. The van der Waals surface area contributed by atoms with E-state index in [0.29, 0.717) is 11.3 Å². The van der Waals surface area contributed by atoms with Crippen molar-refractivity contribution in [1.29, 1.82) is 0 Å². The molecule has 3 aromatic rings. The molecule has 0 spiro atoms. The van der Waals surface area contributed by atoms with Gasteiger partial charge in [-0.3, -0.25) is 5.43 Å². The minimum atomic E-state index is 0.170. The number of benzene rings is 1. The Morgan fingerprint density at radius 3 is 2.86 bits per heavy atom. The average molecular weight is 278 g/mol. The molecule has 5 nitrogen and oxygen atoms in total. The molecule has 0 fully saturated rings. The number of fused-ring (bicyclic) bond motifs is 1. The number of aromatic hydroxyl groups is 1. The molecule has 5 heteroatoms. The maximum Gasteiger partial charge on any atom is 0.146 e. The molecule has 0 unspecified atom stereocenters. The highest BCUT2D eigenvalue weighted by molar-refractivity contribution is 6.00. The average Bonchev–Trinajstić information content (AvgIpc) is 2.51. The Kier molecular flexibility index (Phi) is 3.47. The normalized spacial score (nSPS) is 11.1. The van der Waals surface area contributed by atoms with E-state index in [1.54, 1.807) is 24.5 Å². The van der Waals surface area contributed by atoms with Gasteiger partial charge in [0.15, 0.2) is 0 Å². The Bertz CT molecular complexity index is 800. The molecule has 21 heavy (non-hydrogen) atoms. The summed E-state index contributed by atoms with van der Waals surface area (Å²) in [7, 11) is 0. The van der Waals surface area contributed by atoms with Gasteiger partial charge >= 0.3 is 0 Å². The number of hydrogen-bond acceptors (Lipinski definition) is 5. The van der Waals surface area contributed by atoms with Gasteiger partial charge in [-0.25, -0.2) is 9.97 Å². The van der Waals surface area contributed by atoms with E-state index in [0.717, 1.165) is 16.6 Å². The van der Waals surface area contributed by atoms with Crippen molar-refractivity contribution < 1.29 is 5.11 Å². The standard InChI is InChI=1S/C16H14N4O/c1-11-5-7-13-12(6-8-14(21)16(13)19-11)10-18-20-15-4-2-3-9-17-15/h2-10,21H,1H3,(H,17,20). The van der Waals surface area contributed by atoms with Crippen LogP contribution in [0, 0.1) is 6.92 Å². The Hall–Kier alpha value is -2.95. The number of phenols is 1. The number of pyridine rings is 2. The molecule has 0 amide bonds. The van der Waals surface area contributed by atoms with Gasteiger partial charge in [0.1, 0.15) is 17.1 Å². The van der Waals surface area contributed by atoms with E-state index in [9.17, 15) is 5.11 Å². The van der Waals surface area contributed by atoms with Gasteiger partial charge in [0, 0.05) is 22.8 Å². The van der Waals surface area contributed by atoms with Crippen LogP contribution in [0.1, 0.15) is 11.3 Å². The van der Waals surface area contributed by atoms with E-state index in [4.69, 9.17) is 0 Å². The van der Waals surface area contributed by atoms with Crippen LogP contribution < -0.4 is 5.43 Å². The maximum atomic E-state index is 9.89. The number of nitrogens with one attached hydrogen (secondary N) is 1. The summed E-state index contributed by atoms with van der Waals surface area (Å²) in [5.74, 6) is 0.842. The van der Waals surface area contributed by atoms with Crippen LogP contribution in [0.3, 0.4) is 0 Å². The third-order valence-electron chi connectivity index (χ3n) is 3.06. The van der Waals surface area contributed by atoms with Gasteiger partial charge in [0.2, 0.25) is 0 Å². The summed E-state index contributed by atoms with van der Waals surface area (Å²) < 4.78 is 0. The molecule has 0 bridgehead atoms. The largest absolute Gasteiger partial charge is 0.506 e. The first-order chi connectivity index (χ1) is 10.2. The summed E-state index contributed by atoms with van der Waals surface area (Å²) in [5, 5.41) is 14.9. The molecule has 0 aliphatic heterocycles. The number of aryl methyl sites for hydroxylation is 1. The second-order valence-electron chi connectivity index (χ2n) is 4.61. The van der Waals surface area contributed by atoms with Crippen LogP contribution in [0.15, 0.2) is 53.8 Å². The minimum Gasteiger partial charge on any atom is -0.506 e. The van der Waals surface area contributed by atoms with Crippen molar-refractivity contribution in [2.45, 2.75) is 6.92 Å². The third kappa shape index (κ3) is 2.81. The fourth-order valence-electron chi connectivity index (χ4n) is 2.03. The highest BCUT2D eigenvalue weighted by Gasteiger charge is 2.05. The smallest absolute Gasteiger partial charge is 0.146 e. The third-order valence-corrected chi connectivity index (χ3v) is 3.06. The van der Waals surface area contributed by atoms with Gasteiger partial charge < -0.3 is 5.11 Å². The van der Waals surface area contributed by atoms with E-state index >= 15 is 0 Å². The van der Waals surface area contributed by atoms with Crippen LogP contribution in [0.5, 0.6) is 5.75 Å². The molecule has 2 heterocycles. The fraction of sp³-hybridized carbons (Fsp3) is 0.0625. The zero-order chi connectivity index (χ0) is 14.7. The van der Waals surface area contributed by atoms with Crippen LogP contribution in [0.4, 0.5) is 5.82 Å². The summed E-state index contributed by atoms with van der Waals surface area (Å²) in [6, 6.07) is 12.8. The van der Waals surface area contributed by atoms with Crippen LogP contribution >= 0.6 is 0 Å². The second-order valence-corrected chi connectivity index (χ2v) is 4.61. The lowest BCUT2D eigenvalue weighted by atomic mass is 10.1. The van der Waals surface area contributed by atoms with Crippen molar-refractivity contribution in [2.24, 2.45) is 5.10 Å². The number of aromatic nitrogens is 2. The quantitative estimate of drug-likeness (QED) is 0.570. The van der Waals surface area contributed by atoms with Crippen molar-refractivity contribution >= 4 is 22.9 Å². The predicted molar refractivity (Wildman–Crippen MR) is 83.6 cm³/mol. The number of phenolic OH excluding ortho intramolecular Hbond substituents is 1. The highest BCUT2D eigenvalue weighted by Crippen LogP contribution is 2.25. The molecule has 1 aromatic carbocycles. The SMILES string of the molecule is Cc1ccc2c(C=NNc3ccccn3)ccc(O)c2n1. The first kappa shape index (κ1) is 13.1. The number of hydrazone groups is 1. The highest BCUT2D eigenvalue weighted by atomic mass is 16.3. The van der Waals surface area contributed by atoms with Crippen molar-refractivity contribution in [1.82, 2.24) is 9.97 Å². The molecule has 0 saturated carbocycles. The number of hydrogen-bond donors (Lipinski definition) is 2. The first-order valence-electron chi connectivity index (χ1n) is 6.53. The van der Waals surface area contributed by atoms with E-state index < -0.39 is 0 Å². The van der Waals surface area contributed by atoms with Gasteiger partial charge in [-0.1, -0.05) is 12.1 Å². The zero-order valence-electron chi connectivity index (χ0n) is 11.5. The molecule has 0 aliphatic carbocycles. The summed E-state index contributed by atoms with van der Waals surface area (Å²) in [6.07, 6.45) is 3.38. The second kappa shape index (κ2) is 5.58. The van der Waals surface area contributed by atoms with Gasteiger partial charge in [0.05, 0.1) is 6.21 Å². The molecule has 0 radical (unpaired) electrons. The molecule has 3 rings (SSSR count). The van der Waals surface area contributed by atoms with E-state index in [1.807, 2.05) is 37.3 Å². The molecular weight excluding hydrogens is 264 g/mol. The molecule has 0 aliphatic rings. The lowest BCUT2D eigenvalue weighted by Crippen LogP contribution is -1.94. The summed E-state index contributed by atoms with van der Waals surface area (Å²) in [6.45, 7) is 1.89. The van der Waals surface area contributed by atoms with Gasteiger partial charge in [-0.2, -0.15) is 5.10 Å². The van der Waals surface area contributed by atoms with Crippen molar-refractivity contribution in [3.63, 3.8) is 0 Å². The fourth-order valence-corrected chi connectivity index (χ4v) is 2.03. The Balaban J connectivity index is 1.92.